The number of hydrogen-bond donors (Lipinski definition) is 0. The number of rotatable bonds is 6. The molecule has 1 aromatic rings. The third kappa shape index (κ3) is 4.09. The minimum absolute atomic E-state index is 0.0904. The Balaban J connectivity index is 2.95. The van der Waals surface area contributed by atoms with Crippen molar-refractivity contribution in [2.75, 3.05) is 13.1 Å². The van der Waals surface area contributed by atoms with E-state index in [9.17, 15) is 4.79 Å². The van der Waals surface area contributed by atoms with E-state index in [4.69, 9.17) is 5.26 Å². The van der Waals surface area contributed by atoms with Gasteiger partial charge < -0.3 is 4.90 Å². The third-order valence-corrected chi connectivity index (χ3v) is 3.40. The zero-order valence-electron chi connectivity index (χ0n) is 12.9. The SMILES string of the molecule is CC(C)CN(CCC#N)C(=O)C(C)(C)c1ccccc1. The predicted octanol–water partition coefficient (Wildman–Crippen LogP) is 3.36. The van der Waals surface area contributed by atoms with Gasteiger partial charge in [-0.15, -0.1) is 0 Å². The maximum absolute atomic E-state index is 12.8. The average Bonchev–Trinajstić information content (AvgIpc) is 2.43. The molecule has 0 spiro atoms. The summed E-state index contributed by atoms with van der Waals surface area (Å²) in [5, 5.41) is 8.76. The summed E-state index contributed by atoms with van der Waals surface area (Å²) in [4.78, 5) is 14.6. The zero-order valence-corrected chi connectivity index (χ0v) is 12.9. The van der Waals surface area contributed by atoms with Crippen molar-refractivity contribution in [1.82, 2.24) is 4.90 Å². The smallest absolute Gasteiger partial charge is 0.232 e. The van der Waals surface area contributed by atoms with E-state index in [0.717, 1.165) is 5.56 Å². The van der Waals surface area contributed by atoms with Crippen molar-refractivity contribution in [2.45, 2.75) is 39.5 Å². The Bertz CT molecular complexity index is 472. The molecule has 0 saturated carbocycles. The molecule has 1 amide bonds. The van der Waals surface area contributed by atoms with E-state index in [1.165, 1.54) is 0 Å². The Morgan fingerprint density at radius 2 is 1.90 bits per heavy atom. The summed E-state index contributed by atoms with van der Waals surface area (Å²) in [5.74, 6) is 0.483. The Labute approximate surface area is 122 Å². The normalized spacial score (nSPS) is 11.2. The van der Waals surface area contributed by atoms with Crippen LogP contribution in [0, 0.1) is 17.2 Å². The summed E-state index contributed by atoms with van der Waals surface area (Å²) < 4.78 is 0. The van der Waals surface area contributed by atoms with Gasteiger partial charge in [-0.25, -0.2) is 0 Å². The van der Waals surface area contributed by atoms with E-state index in [1.807, 2.05) is 49.1 Å². The van der Waals surface area contributed by atoms with Gasteiger partial charge in [0.1, 0.15) is 0 Å². The van der Waals surface area contributed by atoms with Crippen molar-refractivity contribution in [3.8, 4) is 6.07 Å². The predicted molar refractivity (Wildman–Crippen MR) is 81.1 cm³/mol. The second kappa shape index (κ2) is 7.09. The van der Waals surface area contributed by atoms with Gasteiger partial charge in [-0.3, -0.25) is 4.79 Å². The van der Waals surface area contributed by atoms with Crippen molar-refractivity contribution in [3.05, 3.63) is 35.9 Å². The number of carbonyl (C=O) groups excluding carboxylic acids is 1. The van der Waals surface area contributed by atoms with Crippen LogP contribution in [0.25, 0.3) is 0 Å². The molecule has 0 N–H and O–H groups in total. The molecular formula is C17H24N2O. The number of benzene rings is 1. The number of amides is 1. The van der Waals surface area contributed by atoms with Gasteiger partial charge in [-0.1, -0.05) is 44.2 Å². The molecule has 3 heteroatoms. The third-order valence-electron chi connectivity index (χ3n) is 3.40. The summed E-state index contributed by atoms with van der Waals surface area (Å²) >= 11 is 0. The van der Waals surface area contributed by atoms with Gasteiger partial charge >= 0.3 is 0 Å². The van der Waals surface area contributed by atoms with Gasteiger partial charge in [0.25, 0.3) is 0 Å². The lowest BCUT2D eigenvalue weighted by molar-refractivity contribution is -0.136. The molecule has 0 radical (unpaired) electrons. The molecule has 1 aromatic carbocycles. The highest BCUT2D eigenvalue weighted by Crippen LogP contribution is 2.26. The molecule has 0 bridgehead atoms. The van der Waals surface area contributed by atoms with Crippen LogP contribution in [0.5, 0.6) is 0 Å². The monoisotopic (exact) mass is 272 g/mol. The minimum Gasteiger partial charge on any atom is -0.341 e. The van der Waals surface area contributed by atoms with Gasteiger partial charge in [0, 0.05) is 13.1 Å². The Hall–Kier alpha value is -1.82. The van der Waals surface area contributed by atoms with Gasteiger partial charge in [-0.05, 0) is 25.3 Å². The number of carbonyl (C=O) groups is 1. The minimum atomic E-state index is -0.564. The Morgan fingerprint density at radius 3 is 2.40 bits per heavy atom. The molecule has 108 valence electrons. The molecule has 0 heterocycles. The summed E-state index contributed by atoms with van der Waals surface area (Å²) in [6.45, 7) is 9.26. The largest absolute Gasteiger partial charge is 0.341 e. The summed E-state index contributed by atoms with van der Waals surface area (Å²) in [6.07, 6.45) is 0.378. The molecular weight excluding hydrogens is 248 g/mol. The fourth-order valence-corrected chi connectivity index (χ4v) is 2.28. The van der Waals surface area contributed by atoms with E-state index in [-0.39, 0.29) is 5.91 Å². The molecule has 0 aliphatic rings. The van der Waals surface area contributed by atoms with Crippen LogP contribution in [0.1, 0.15) is 39.7 Å². The van der Waals surface area contributed by atoms with Crippen LogP contribution in [-0.2, 0) is 10.2 Å². The Morgan fingerprint density at radius 1 is 1.30 bits per heavy atom. The lowest BCUT2D eigenvalue weighted by atomic mass is 9.83. The highest BCUT2D eigenvalue weighted by atomic mass is 16.2. The number of hydrogen-bond acceptors (Lipinski definition) is 2. The van der Waals surface area contributed by atoms with Crippen LogP contribution >= 0.6 is 0 Å². The molecule has 1 rings (SSSR count). The number of nitriles is 1. The van der Waals surface area contributed by atoms with Crippen molar-refractivity contribution < 1.29 is 4.79 Å². The van der Waals surface area contributed by atoms with Crippen LogP contribution in [0.4, 0.5) is 0 Å². The van der Waals surface area contributed by atoms with E-state index < -0.39 is 5.41 Å². The first-order chi connectivity index (χ1) is 9.39. The summed E-state index contributed by atoms with van der Waals surface area (Å²) in [7, 11) is 0. The molecule has 3 nitrogen and oxygen atoms in total. The molecule has 0 aliphatic heterocycles. The maximum atomic E-state index is 12.8. The molecule has 0 aromatic heterocycles. The maximum Gasteiger partial charge on any atom is 0.232 e. The topological polar surface area (TPSA) is 44.1 Å². The van der Waals surface area contributed by atoms with Crippen molar-refractivity contribution in [2.24, 2.45) is 5.92 Å². The Kier molecular flexibility index (Phi) is 5.76. The second-order valence-corrected chi connectivity index (χ2v) is 6.04. The average molecular weight is 272 g/mol. The summed E-state index contributed by atoms with van der Waals surface area (Å²) in [5.41, 5.74) is 0.446. The zero-order chi connectivity index (χ0) is 15.2. The van der Waals surface area contributed by atoms with E-state index in [1.54, 1.807) is 0 Å². The quantitative estimate of drug-likeness (QED) is 0.797. The molecule has 0 unspecified atom stereocenters. The van der Waals surface area contributed by atoms with Crippen LogP contribution in [0.3, 0.4) is 0 Å². The van der Waals surface area contributed by atoms with E-state index in [0.29, 0.717) is 25.4 Å². The summed E-state index contributed by atoms with van der Waals surface area (Å²) in [6, 6.07) is 11.9. The van der Waals surface area contributed by atoms with Crippen LogP contribution in [0.15, 0.2) is 30.3 Å². The lowest BCUT2D eigenvalue weighted by Gasteiger charge is -2.33. The molecule has 0 fully saturated rings. The van der Waals surface area contributed by atoms with Crippen molar-refractivity contribution in [1.29, 1.82) is 5.26 Å². The van der Waals surface area contributed by atoms with Gasteiger partial charge in [0.15, 0.2) is 0 Å². The van der Waals surface area contributed by atoms with Crippen molar-refractivity contribution in [3.63, 3.8) is 0 Å². The fourth-order valence-electron chi connectivity index (χ4n) is 2.28. The first-order valence-electron chi connectivity index (χ1n) is 7.11. The number of nitrogens with zero attached hydrogens (tertiary/aromatic N) is 2. The highest BCUT2D eigenvalue weighted by Gasteiger charge is 2.33. The standard InChI is InChI=1S/C17H24N2O/c1-14(2)13-19(12-8-11-18)16(20)17(3,4)15-9-6-5-7-10-15/h5-7,9-10,14H,8,12-13H2,1-4H3. The van der Waals surface area contributed by atoms with Gasteiger partial charge in [0.2, 0.25) is 5.91 Å². The van der Waals surface area contributed by atoms with Crippen molar-refractivity contribution >= 4 is 5.91 Å². The van der Waals surface area contributed by atoms with Gasteiger partial charge in [0.05, 0.1) is 17.9 Å². The van der Waals surface area contributed by atoms with Gasteiger partial charge in [-0.2, -0.15) is 5.26 Å². The van der Waals surface area contributed by atoms with E-state index in [2.05, 4.69) is 19.9 Å². The van der Waals surface area contributed by atoms with Crippen LogP contribution in [-0.4, -0.2) is 23.9 Å². The lowest BCUT2D eigenvalue weighted by Crippen LogP contribution is -2.45. The first kappa shape index (κ1) is 16.2. The molecule has 0 aliphatic carbocycles. The molecule has 20 heavy (non-hydrogen) atoms. The van der Waals surface area contributed by atoms with E-state index >= 15 is 0 Å². The fraction of sp³-hybridized carbons (Fsp3) is 0.529. The first-order valence-corrected chi connectivity index (χ1v) is 7.11. The molecule has 0 atom stereocenters. The van der Waals surface area contributed by atoms with Crippen LogP contribution < -0.4 is 0 Å². The highest BCUT2D eigenvalue weighted by molar-refractivity contribution is 5.87. The second-order valence-electron chi connectivity index (χ2n) is 6.04. The van der Waals surface area contributed by atoms with Crippen LogP contribution in [0.2, 0.25) is 0 Å². The molecule has 0 saturated heterocycles.